The molecule has 0 saturated heterocycles. The number of nitrogens with zero attached hydrogens (tertiary/aromatic N) is 1. The molecule has 1 unspecified atom stereocenters. The van der Waals surface area contributed by atoms with E-state index in [9.17, 15) is 0 Å². The zero-order valence-electron chi connectivity index (χ0n) is 13.5. The molecule has 2 rings (SSSR count). The molecule has 1 aromatic rings. The lowest BCUT2D eigenvalue weighted by atomic mass is 10.1. The van der Waals surface area contributed by atoms with Gasteiger partial charge in [-0.1, -0.05) is 38.1 Å². The summed E-state index contributed by atoms with van der Waals surface area (Å²) in [6.45, 7) is 8.89. The Labute approximate surface area is 124 Å². The quantitative estimate of drug-likeness (QED) is 0.781. The molecule has 2 nitrogen and oxygen atoms in total. The molecule has 0 bridgehead atoms. The van der Waals surface area contributed by atoms with Crippen molar-refractivity contribution in [3.05, 3.63) is 35.4 Å². The molecule has 20 heavy (non-hydrogen) atoms. The number of nitrogens with one attached hydrogen (secondary N) is 1. The fraction of sp³-hybridized carbons (Fsp3) is 0.667. The molecule has 1 saturated carbocycles. The van der Waals surface area contributed by atoms with Gasteiger partial charge in [-0.05, 0) is 56.8 Å². The zero-order chi connectivity index (χ0) is 14.5. The first kappa shape index (κ1) is 15.5. The van der Waals surface area contributed by atoms with Crippen molar-refractivity contribution in [3.8, 4) is 0 Å². The SMILES string of the molecule is CC(C)NCCc1ccc(CN(C)C(C)C2CC2)cc1. The van der Waals surface area contributed by atoms with Crippen molar-refractivity contribution >= 4 is 0 Å². The van der Waals surface area contributed by atoms with Crippen LogP contribution >= 0.6 is 0 Å². The summed E-state index contributed by atoms with van der Waals surface area (Å²) in [7, 11) is 2.25. The van der Waals surface area contributed by atoms with Crippen molar-refractivity contribution in [2.24, 2.45) is 5.92 Å². The van der Waals surface area contributed by atoms with E-state index in [1.807, 2.05) is 0 Å². The van der Waals surface area contributed by atoms with Crippen LogP contribution in [0.5, 0.6) is 0 Å². The summed E-state index contributed by atoms with van der Waals surface area (Å²) in [5, 5.41) is 3.47. The summed E-state index contributed by atoms with van der Waals surface area (Å²) >= 11 is 0. The molecular weight excluding hydrogens is 244 g/mol. The van der Waals surface area contributed by atoms with Crippen molar-refractivity contribution in [2.45, 2.75) is 58.7 Å². The average Bonchev–Trinajstić information content (AvgIpc) is 3.24. The average molecular weight is 274 g/mol. The minimum Gasteiger partial charge on any atom is -0.314 e. The normalized spacial score (nSPS) is 16.9. The van der Waals surface area contributed by atoms with E-state index in [0.717, 1.165) is 31.5 Å². The molecule has 1 aliphatic carbocycles. The van der Waals surface area contributed by atoms with Crippen LogP contribution in [0.15, 0.2) is 24.3 Å². The molecule has 2 heteroatoms. The van der Waals surface area contributed by atoms with Crippen molar-refractivity contribution < 1.29 is 0 Å². The highest BCUT2D eigenvalue weighted by molar-refractivity contribution is 5.22. The molecule has 0 heterocycles. The lowest BCUT2D eigenvalue weighted by Gasteiger charge is -2.24. The third-order valence-electron chi connectivity index (χ3n) is 4.42. The number of hydrogen-bond donors (Lipinski definition) is 1. The molecule has 0 radical (unpaired) electrons. The lowest BCUT2D eigenvalue weighted by molar-refractivity contribution is 0.226. The molecule has 1 aromatic carbocycles. The topological polar surface area (TPSA) is 15.3 Å². The Bertz CT molecular complexity index is 392. The maximum Gasteiger partial charge on any atom is 0.0233 e. The Morgan fingerprint density at radius 3 is 2.25 bits per heavy atom. The van der Waals surface area contributed by atoms with Crippen molar-refractivity contribution in [2.75, 3.05) is 13.6 Å². The highest BCUT2D eigenvalue weighted by Gasteiger charge is 2.30. The van der Waals surface area contributed by atoms with Crippen LogP contribution in [-0.2, 0) is 13.0 Å². The summed E-state index contributed by atoms with van der Waals surface area (Å²) in [5.74, 6) is 0.946. The second-order valence-electron chi connectivity index (χ2n) is 6.67. The van der Waals surface area contributed by atoms with Crippen LogP contribution in [0.4, 0.5) is 0 Å². The highest BCUT2D eigenvalue weighted by Crippen LogP contribution is 2.35. The molecule has 112 valence electrons. The molecule has 0 aromatic heterocycles. The predicted octanol–water partition coefficient (Wildman–Crippen LogP) is 3.46. The molecule has 0 spiro atoms. The number of hydrogen-bond acceptors (Lipinski definition) is 2. The van der Waals surface area contributed by atoms with Gasteiger partial charge < -0.3 is 5.32 Å². The van der Waals surface area contributed by atoms with Crippen LogP contribution in [-0.4, -0.2) is 30.6 Å². The van der Waals surface area contributed by atoms with Gasteiger partial charge >= 0.3 is 0 Å². The van der Waals surface area contributed by atoms with Crippen molar-refractivity contribution in [3.63, 3.8) is 0 Å². The minimum absolute atomic E-state index is 0.576. The zero-order valence-corrected chi connectivity index (χ0v) is 13.5. The van der Waals surface area contributed by atoms with Crippen LogP contribution in [0.2, 0.25) is 0 Å². The maximum absolute atomic E-state index is 3.47. The monoisotopic (exact) mass is 274 g/mol. The van der Waals surface area contributed by atoms with Gasteiger partial charge in [0.25, 0.3) is 0 Å². The molecule has 1 N–H and O–H groups in total. The fourth-order valence-corrected chi connectivity index (χ4v) is 2.69. The second kappa shape index (κ2) is 7.24. The Morgan fingerprint density at radius 1 is 1.10 bits per heavy atom. The first-order valence-corrected chi connectivity index (χ1v) is 8.07. The van der Waals surface area contributed by atoms with Crippen LogP contribution in [0.1, 0.15) is 44.7 Å². The van der Waals surface area contributed by atoms with E-state index in [4.69, 9.17) is 0 Å². The first-order valence-electron chi connectivity index (χ1n) is 8.07. The molecule has 1 fully saturated rings. The molecule has 1 aliphatic rings. The predicted molar refractivity (Wildman–Crippen MR) is 86.9 cm³/mol. The summed E-state index contributed by atoms with van der Waals surface area (Å²) in [5.41, 5.74) is 2.86. The van der Waals surface area contributed by atoms with E-state index < -0.39 is 0 Å². The minimum atomic E-state index is 0.576. The van der Waals surface area contributed by atoms with Gasteiger partial charge in [-0.15, -0.1) is 0 Å². The van der Waals surface area contributed by atoms with Gasteiger partial charge in [0.2, 0.25) is 0 Å². The van der Waals surface area contributed by atoms with E-state index in [0.29, 0.717) is 6.04 Å². The van der Waals surface area contributed by atoms with Crippen molar-refractivity contribution in [1.82, 2.24) is 10.2 Å². The van der Waals surface area contributed by atoms with Crippen LogP contribution in [0.3, 0.4) is 0 Å². The summed E-state index contributed by atoms with van der Waals surface area (Å²) < 4.78 is 0. The summed E-state index contributed by atoms with van der Waals surface area (Å²) in [6, 6.07) is 10.5. The third-order valence-corrected chi connectivity index (χ3v) is 4.42. The number of benzene rings is 1. The van der Waals surface area contributed by atoms with Gasteiger partial charge in [0, 0.05) is 18.6 Å². The van der Waals surface area contributed by atoms with E-state index in [1.54, 1.807) is 0 Å². The Hall–Kier alpha value is -0.860. The smallest absolute Gasteiger partial charge is 0.0233 e. The van der Waals surface area contributed by atoms with Crippen LogP contribution < -0.4 is 5.32 Å². The van der Waals surface area contributed by atoms with Gasteiger partial charge in [-0.3, -0.25) is 4.90 Å². The lowest BCUT2D eigenvalue weighted by Crippen LogP contribution is -2.30. The first-order chi connectivity index (χ1) is 9.56. The molecule has 0 aliphatic heterocycles. The Balaban J connectivity index is 1.78. The van der Waals surface area contributed by atoms with Gasteiger partial charge in [0.15, 0.2) is 0 Å². The maximum atomic E-state index is 3.47. The second-order valence-corrected chi connectivity index (χ2v) is 6.67. The highest BCUT2D eigenvalue weighted by atomic mass is 15.1. The Kier molecular flexibility index (Phi) is 5.62. The molecular formula is C18H30N2. The largest absolute Gasteiger partial charge is 0.314 e. The van der Waals surface area contributed by atoms with E-state index >= 15 is 0 Å². The fourth-order valence-electron chi connectivity index (χ4n) is 2.69. The third kappa shape index (κ3) is 4.92. The summed E-state index contributed by atoms with van der Waals surface area (Å²) in [6.07, 6.45) is 3.97. The standard InChI is InChI=1S/C18H30N2/c1-14(2)19-12-11-16-5-7-17(8-6-16)13-20(4)15(3)18-9-10-18/h5-8,14-15,18-19H,9-13H2,1-4H3. The van der Waals surface area contributed by atoms with Gasteiger partial charge in [-0.25, -0.2) is 0 Å². The number of rotatable bonds is 8. The summed E-state index contributed by atoms with van der Waals surface area (Å²) in [4.78, 5) is 2.49. The van der Waals surface area contributed by atoms with E-state index in [1.165, 1.54) is 24.0 Å². The molecule has 1 atom stereocenters. The van der Waals surface area contributed by atoms with Gasteiger partial charge in [0.1, 0.15) is 0 Å². The van der Waals surface area contributed by atoms with Crippen molar-refractivity contribution in [1.29, 1.82) is 0 Å². The Morgan fingerprint density at radius 2 is 1.70 bits per heavy atom. The van der Waals surface area contributed by atoms with Gasteiger partial charge in [0.05, 0.1) is 0 Å². The van der Waals surface area contributed by atoms with E-state index in [2.05, 4.69) is 62.3 Å². The van der Waals surface area contributed by atoms with Crippen LogP contribution in [0, 0.1) is 5.92 Å². The molecule has 0 amide bonds. The van der Waals surface area contributed by atoms with Gasteiger partial charge in [-0.2, -0.15) is 0 Å². The van der Waals surface area contributed by atoms with E-state index in [-0.39, 0.29) is 0 Å². The van der Waals surface area contributed by atoms with Crippen LogP contribution in [0.25, 0.3) is 0 Å².